The maximum Gasteiger partial charge on any atom is 0.230 e. The highest BCUT2D eigenvalue weighted by atomic mass is 35.5. The van der Waals surface area contributed by atoms with Crippen LogP contribution in [0.5, 0.6) is 0 Å². The summed E-state index contributed by atoms with van der Waals surface area (Å²) in [5.41, 5.74) is 1.33. The zero-order valence-corrected chi connectivity index (χ0v) is 10.9. The van der Waals surface area contributed by atoms with E-state index in [4.69, 9.17) is 23.2 Å². The van der Waals surface area contributed by atoms with E-state index in [-0.39, 0.29) is 12.3 Å². The molecule has 0 bridgehead atoms. The number of aromatic nitrogens is 1. The number of hydrogen-bond donors (Lipinski definition) is 1. The van der Waals surface area contributed by atoms with Gasteiger partial charge in [-0.1, -0.05) is 29.3 Å². The number of halogens is 2. The highest BCUT2D eigenvalue weighted by Gasteiger charge is 2.06. The Hall–Kier alpha value is -1.58. The lowest BCUT2D eigenvalue weighted by Crippen LogP contribution is -2.14. The van der Waals surface area contributed by atoms with Crippen LogP contribution in [-0.4, -0.2) is 10.9 Å². The molecule has 0 unspecified atom stereocenters. The molecule has 0 radical (unpaired) electrons. The van der Waals surface area contributed by atoms with Gasteiger partial charge in [0, 0.05) is 17.6 Å². The first kappa shape index (κ1) is 12.9. The van der Waals surface area contributed by atoms with Gasteiger partial charge in [0.15, 0.2) is 0 Å². The molecule has 0 aliphatic carbocycles. The number of amides is 1. The minimum Gasteiger partial charge on any atom is -0.326 e. The van der Waals surface area contributed by atoms with E-state index in [1.54, 1.807) is 36.5 Å². The number of nitrogens with one attached hydrogen (secondary N) is 1. The van der Waals surface area contributed by atoms with Crippen LogP contribution >= 0.6 is 23.2 Å². The second-order valence-electron chi connectivity index (χ2n) is 3.67. The van der Waals surface area contributed by atoms with Gasteiger partial charge in [-0.25, -0.2) is 0 Å². The zero-order valence-electron chi connectivity index (χ0n) is 9.36. The van der Waals surface area contributed by atoms with Crippen molar-refractivity contribution in [1.29, 1.82) is 0 Å². The summed E-state index contributed by atoms with van der Waals surface area (Å²) in [5.74, 6) is -0.146. The lowest BCUT2D eigenvalue weighted by molar-refractivity contribution is -0.115. The van der Waals surface area contributed by atoms with E-state index in [1.807, 2.05) is 6.07 Å². The first-order chi connectivity index (χ1) is 8.65. The number of nitrogens with zero attached hydrogens (tertiary/aromatic N) is 1. The first-order valence-electron chi connectivity index (χ1n) is 5.30. The average Bonchev–Trinajstić information content (AvgIpc) is 2.35. The lowest BCUT2D eigenvalue weighted by Gasteiger charge is -2.06. The molecule has 2 aromatic rings. The molecule has 0 aliphatic heterocycles. The summed E-state index contributed by atoms with van der Waals surface area (Å²) in [6, 6.07) is 10.4. The lowest BCUT2D eigenvalue weighted by atomic mass is 10.2. The van der Waals surface area contributed by atoms with Crippen molar-refractivity contribution < 1.29 is 4.79 Å². The smallest absolute Gasteiger partial charge is 0.230 e. The number of benzene rings is 1. The molecule has 1 N–H and O–H groups in total. The quantitative estimate of drug-likeness (QED) is 0.934. The fraction of sp³-hybridized carbons (Fsp3) is 0.0769. The molecule has 1 heterocycles. The topological polar surface area (TPSA) is 42.0 Å². The second-order valence-corrected chi connectivity index (χ2v) is 4.49. The van der Waals surface area contributed by atoms with Crippen LogP contribution in [0.15, 0.2) is 42.6 Å². The molecular weight excluding hydrogens is 271 g/mol. The van der Waals surface area contributed by atoms with Gasteiger partial charge in [0.2, 0.25) is 5.91 Å². The molecule has 0 saturated carbocycles. The molecule has 0 spiro atoms. The van der Waals surface area contributed by atoms with Crippen LogP contribution < -0.4 is 5.32 Å². The van der Waals surface area contributed by atoms with Crippen LogP contribution in [0.4, 0.5) is 5.69 Å². The van der Waals surface area contributed by atoms with Gasteiger partial charge in [0.05, 0.1) is 16.5 Å². The molecule has 0 aliphatic rings. The van der Waals surface area contributed by atoms with Gasteiger partial charge in [-0.05, 0) is 30.3 Å². The monoisotopic (exact) mass is 280 g/mol. The Balaban J connectivity index is 2.01. The molecular formula is C13H10Cl2N2O. The molecule has 0 fully saturated rings. The molecule has 2 rings (SSSR count). The van der Waals surface area contributed by atoms with Crippen molar-refractivity contribution in [1.82, 2.24) is 4.98 Å². The summed E-state index contributed by atoms with van der Waals surface area (Å²) in [6.45, 7) is 0. The molecule has 5 heteroatoms. The van der Waals surface area contributed by atoms with Crippen LogP contribution in [0.3, 0.4) is 0 Å². The van der Waals surface area contributed by atoms with Gasteiger partial charge in [0.1, 0.15) is 0 Å². The van der Waals surface area contributed by atoms with E-state index in [2.05, 4.69) is 10.3 Å². The highest BCUT2D eigenvalue weighted by molar-refractivity contribution is 6.42. The highest BCUT2D eigenvalue weighted by Crippen LogP contribution is 2.24. The Bertz CT molecular complexity index is 558. The Morgan fingerprint density at radius 2 is 2.00 bits per heavy atom. The number of hydrogen-bond acceptors (Lipinski definition) is 2. The predicted molar refractivity (Wildman–Crippen MR) is 73.0 cm³/mol. The molecule has 3 nitrogen and oxygen atoms in total. The maximum atomic E-state index is 11.8. The third kappa shape index (κ3) is 3.45. The van der Waals surface area contributed by atoms with Gasteiger partial charge >= 0.3 is 0 Å². The number of rotatable bonds is 3. The number of carbonyl (C=O) groups excluding carboxylic acids is 1. The van der Waals surface area contributed by atoms with Crippen LogP contribution in [0.25, 0.3) is 0 Å². The summed E-state index contributed by atoms with van der Waals surface area (Å²) >= 11 is 11.7. The van der Waals surface area contributed by atoms with Crippen molar-refractivity contribution in [2.45, 2.75) is 6.42 Å². The molecule has 92 valence electrons. The molecule has 1 amide bonds. The van der Waals surface area contributed by atoms with Crippen molar-refractivity contribution in [3.63, 3.8) is 0 Å². The third-order valence-corrected chi connectivity index (χ3v) is 3.01. The Kier molecular flexibility index (Phi) is 4.18. The number of anilines is 1. The zero-order chi connectivity index (χ0) is 13.0. The normalized spacial score (nSPS) is 10.1. The molecule has 18 heavy (non-hydrogen) atoms. The van der Waals surface area contributed by atoms with Gasteiger partial charge < -0.3 is 5.32 Å². The van der Waals surface area contributed by atoms with E-state index >= 15 is 0 Å². The Morgan fingerprint density at radius 3 is 2.67 bits per heavy atom. The molecule has 0 atom stereocenters. The third-order valence-electron chi connectivity index (χ3n) is 2.27. The van der Waals surface area contributed by atoms with Gasteiger partial charge in [-0.3, -0.25) is 9.78 Å². The van der Waals surface area contributed by atoms with Crippen molar-refractivity contribution in [3.05, 3.63) is 58.3 Å². The summed E-state index contributed by atoms with van der Waals surface area (Å²) in [7, 11) is 0. The minimum absolute atomic E-state index is 0.146. The van der Waals surface area contributed by atoms with Crippen molar-refractivity contribution >= 4 is 34.8 Å². The summed E-state index contributed by atoms with van der Waals surface area (Å²) in [6.07, 6.45) is 1.88. The van der Waals surface area contributed by atoms with E-state index in [9.17, 15) is 4.79 Å². The van der Waals surface area contributed by atoms with E-state index in [0.29, 0.717) is 15.7 Å². The van der Waals surface area contributed by atoms with Gasteiger partial charge in [-0.15, -0.1) is 0 Å². The summed E-state index contributed by atoms with van der Waals surface area (Å²) in [5, 5.41) is 3.60. The molecule has 1 aromatic carbocycles. The fourth-order valence-electron chi connectivity index (χ4n) is 1.45. The summed E-state index contributed by atoms with van der Waals surface area (Å²) in [4.78, 5) is 15.8. The average molecular weight is 281 g/mol. The van der Waals surface area contributed by atoms with Crippen molar-refractivity contribution in [3.8, 4) is 0 Å². The SMILES string of the molecule is O=C(Cc1ccccn1)Nc1ccc(Cl)c(Cl)c1. The minimum atomic E-state index is -0.146. The van der Waals surface area contributed by atoms with Crippen molar-refractivity contribution in [2.24, 2.45) is 0 Å². The predicted octanol–water partition coefficient (Wildman–Crippen LogP) is 3.57. The van der Waals surface area contributed by atoms with E-state index < -0.39 is 0 Å². The van der Waals surface area contributed by atoms with Crippen LogP contribution in [0.2, 0.25) is 10.0 Å². The van der Waals surface area contributed by atoms with Crippen LogP contribution in [0.1, 0.15) is 5.69 Å². The Labute approximate surface area is 115 Å². The van der Waals surface area contributed by atoms with Crippen LogP contribution in [-0.2, 0) is 11.2 Å². The largest absolute Gasteiger partial charge is 0.326 e. The molecule has 0 saturated heterocycles. The summed E-state index contributed by atoms with van der Waals surface area (Å²) < 4.78 is 0. The second kappa shape index (κ2) is 5.85. The van der Waals surface area contributed by atoms with Gasteiger partial charge in [0.25, 0.3) is 0 Å². The van der Waals surface area contributed by atoms with Crippen molar-refractivity contribution in [2.75, 3.05) is 5.32 Å². The Morgan fingerprint density at radius 1 is 1.17 bits per heavy atom. The number of carbonyl (C=O) groups is 1. The molecule has 1 aromatic heterocycles. The number of pyridine rings is 1. The fourth-order valence-corrected chi connectivity index (χ4v) is 1.74. The van der Waals surface area contributed by atoms with E-state index in [0.717, 1.165) is 5.69 Å². The van der Waals surface area contributed by atoms with Crippen LogP contribution in [0, 0.1) is 0 Å². The van der Waals surface area contributed by atoms with E-state index in [1.165, 1.54) is 0 Å². The standard InChI is InChI=1S/C13H10Cl2N2O/c14-11-5-4-10(7-12(11)15)17-13(18)8-9-3-1-2-6-16-9/h1-7H,8H2,(H,17,18). The maximum absolute atomic E-state index is 11.8. The van der Waals surface area contributed by atoms with Gasteiger partial charge in [-0.2, -0.15) is 0 Å². The first-order valence-corrected chi connectivity index (χ1v) is 6.05.